The van der Waals surface area contributed by atoms with Crippen molar-refractivity contribution in [3.05, 3.63) is 84.2 Å². The predicted octanol–water partition coefficient (Wildman–Crippen LogP) is 6.14. The van der Waals surface area contributed by atoms with Crippen LogP contribution in [0.3, 0.4) is 0 Å². The Balaban J connectivity index is 2.56. The Morgan fingerprint density at radius 1 is 0.667 bits per heavy atom. The van der Waals surface area contributed by atoms with Crippen molar-refractivity contribution < 1.29 is 15.1 Å². The highest BCUT2D eigenvalue weighted by atomic mass is 14.2. The molecule has 0 saturated heterocycles. The first-order valence-electron chi connectivity index (χ1n) is 12.1. The van der Waals surface area contributed by atoms with Gasteiger partial charge in [-0.3, -0.25) is 0 Å². The average molecular weight is 283 g/mol. The standard InChI is InChI=1S/C21H20/c1-16(2)21-19(17-10-5-3-6-11-17)14-9-15-20(21)18-12-7-4-8-13-18/h3-16H,1-2H3/i3D,4D,5D,6D,7D,8D,9D,10D,11D,12D,13D. The molecule has 0 aliphatic rings. The Morgan fingerprint density at radius 2 is 1.10 bits per heavy atom. The molecule has 0 spiro atoms. The zero-order valence-corrected chi connectivity index (χ0v) is 11.7. The third kappa shape index (κ3) is 2.75. The summed E-state index contributed by atoms with van der Waals surface area (Å²) in [6.07, 6.45) is 0. The maximum absolute atomic E-state index is 8.34. The molecule has 0 atom stereocenters. The smallest absolute Gasteiger partial charge is 0.0622 e. The van der Waals surface area contributed by atoms with Crippen LogP contribution >= 0.6 is 0 Å². The Hall–Kier alpha value is -2.34. The quantitative estimate of drug-likeness (QED) is 0.541. The van der Waals surface area contributed by atoms with Crippen molar-refractivity contribution in [3.8, 4) is 22.3 Å². The maximum atomic E-state index is 8.34. The van der Waals surface area contributed by atoms with Gasteiger partial charge in [-0.25, -0.2) is 0 Å². The molecule has 21 heavy (non-hydrogen) atoms. The minimum atomic E-state index is -0.539. The molecule has 0 aromatic heterocycles. The number of rotatable bonds is 3. The highest BCUT2D eigenvalue weighted by molar-refractivity contribution is 5.79. The molecule has 0 N–H and O–H groups in total. The number of benzene rings is 3. The molecule has 0 unspecified atom stereocenters. The van der Waals surface area contributed by atoms with E-state index in [1.165, 1.54) is 12.1 Å². The van der Waals surface area contributed by atoms with Crippen LogP contribution in [-0.4, -0.2) is 0 Å². The van der Waals surface area contributed by atoms with Crippen LogP contribution in [0.15, 0.2) is 78.6 Å². The summed E-state index contributed by atoms with van der Waals surface area (Å²) in [5.41, 5.74) is 0.639. The van der Waals surface area contributed by atoms with Crippen molar-refractivity contribution in [2.75, 3.05) is 0 Å². The third-order valence-electron chi connectivity index (χ3n) is 3.15. The van der Waals surface area contributed by atoms with Crippen LogP contribution < -0.4 is 0 Å². The molecule has 0 saturated carbocycles. The van der Waals surface area contributed by atoms with E-state index in [-0.39, 0.29) is 34.2 Å². The van der Waals surface area contributed by atoms with Gasteiger partial charge in [-0.15, -0.1) is 0 Å². The van der Waals surface area contributed by atoms with Gasteiger partial charge in [0.05, 0.1) is 15.1 Å². The lowest BCUT2D eigenvalue weighted by molar-refractivity contribution is 0.871. The fourth-order valence-electron chi connectivity index (χ4n) is 2.31. The molecule has 0 nitrogen and oxygen atoms in total. The van der Waals surface area contributed by atoms with Crippen LogP contribution in [0.25, 0.3) is 22.3 Å². The van der Waals surface area contributed by atoms with Gasteiger partial charge in [-0.2, -0.15) is 0 Å². The monoisotopic (exact) mass is 283 g/mol. The minimum absolute atomic E-state index is 0.0852. The fourth-order valence-corrected chi connectivity index (χ4v) is 2.31. The van der Waals surface area contributed by atoms with E-state index in [1.54, 1.807) is 13.8 Å². The van der Waals surface area contributed by atoms with Crippen LogP contribution in [0.5, 0.6) is 0 Å². The van der Waals surface area contributed by atoms with Gasteiger partial charge in [0.25, 0.3) is 0 Å². The topological polar surface area (TPSA) is 0 Å². The van der Waals surface area contributed by atoms with E-state index in [4.69, 9.17) is 15.1 Å². The molecular weight excluding hydrogens is 252 g/mol. The van der Waals surface area contributed by atoms with Crippen molar-refractivity contribution in [2.24, 2.45) is 0 Å². The Morgan fingerprint density at radius 3 is 1.48 bits per heavy atom. The second kappa shape index (κ2) is 5.97. The first kappa shape index (κ1) is 5.81. The maximum Gasteiger partial charge on any atom is 0.0629 e. The minimum Gasteiger partial charge on any atom is -0.0622 e. The molecule has 3 rings (SSSR count). The molecule has 0 fully saturated rings. The Kier molecular flexibility index (Phi) is 1.65. The summed E-state index contributed by atoms with van der Waals surface area (Å²) < 4.78 is 89.3. The zero-order chi connectivity index (χ0) is 24.2. The van der Waals surface area contributed by atoms with Gasteiger partial charge >= 0.3 is 0 Å². The highest BCUT2D eigenvalue weighted by Crippen LogP contribution is 2.36. The van der Waals surface area contributed by atoms with Crippen molar-refractivity contribution in [1.29, 1.82) is 0 Å². The summed E-state index contributed by atoms with van der Waals surface area (Å²) in [6.45, 7) is 3.58. The van der Waals surface area contributed by atoms with E-state index in [0.717, 1.165) is 0 Å². The Bertz CT molecular complexity index is 1110. The van der Waals surface area contributed by atoms with E-state index in [2.05, 4.69) is 0 Å². The molecule has 0 heterocycles. The second-order valence-electron chi connectivity index (χ2n) is 4.85. The SMILES string of the molecule is [2H]c1cc(-c2c([2H])c([2H])c([2H])c([2H])c2[2H])c(C(C)C)c(-c2c([2H])c([2H])c([2H])c([2H])c2[2H])c1. The molecule has 104 valence electrons. The van der Waals surface area contributed by atoms with Crippen molar-refractivity contribution in [1.82, 2.24) is 0 Å². The van der Waals surface area contributed by atoms with E-state index < -0.39 is 60.4 Å². The van der Waals surface area contributed by atoms with Crippen molar-refractivity contribution in [2.45, 2.75) is 19.8 Å². The molecule has 3 aromatic rings. The average Bonchev–Trinajstić information content (AvgIpc) is 2.73. The molecule has 0 bridgehead atoms. The second-order valence-corrected chi connectivity index (χ2v) is 4.85. The third-order valence-corrected chi connectivity index (χ3v) is 3.15. The van der Waals surface area contributed by atoms with Crippen LogP contribution in [0.2, 0.25) is 0 Å². The molecule has 0 aliphatic carbocycles. The summed E-state index contributed by atoms with van der Waals surface area (Å²) in [5, 5.41) is 0. The molecule has 0 aliphatic heterocycles. The van der Waals surface area contributed by atoms with Gasteiger partial charge in [0.1, 0.15) is 0 Å². The first-order chi connectivity index (χ1) is 14.8. The van der Waals surface area contributed by atoms with Crippen LogP contribution in [0.4, 0.5) is 0 Å². The summed E-state index contributed by atoms with van der Waals surface area (Å²) in [5.74, 6) is -0.323. The van der Waals surface area contributed by atoms with E-state index in [0.29, 0.717) is 5.56 Å². The van der Waals surface area contributed by atoms with Crippen molar-refractivity contribution >= 4 is 0 Å². The fraction of sp³-hybridized carbons (Fsp3) is 0.143. The normalized spacial score (nSPS) is 18.1. The van der Waals surface area contributed by atoms with Crippen LogP contribution in [0, 0.1) is 0 Å². The van der Waals surface area contributed by atoms with Gasteiger partial charge in [-0.1, -0.05) is 92.4 Å². The summed E-state index contributed by atoms with van der Waals surface area (Å²) in [4.78, 5) is 0. The van der Waals surface area contributed by atoms with Gasteiger partial charge in [0.2, 0.25) is 0 Å². The summed E-state index contributed by atoms with van der Waals surface area (Å²) >= 11 is 0. The zero-order valence-electron chi connectivity index (χ0n) is 22.7. The van der Waals surface area contributed by atoms with Gasteiger partial charge in [0, 0.05) is 0 Å². The first-order valence-corrected chi connectivity index (χ1v) is 6.60. The molecule has 0 radical (unpaired) electrons. The van der Waals surface area contributed by atoms with Gasteiger partial charge < -0.3 is 0 Å². The van der Waals surface area contributed by atoms with Crippen LogP contribution in [-0.2, 0) is 0 Å². The molecule has 0 amide bonds. The van der Waals surface area contributed by atoms with Gasteiger partial charge in [-0.05, 0) is 33.7 Å². The van der Waals surface area contributed by atoms with E-state index in [1.807, 2.05) is 0 Å². The lowest BCUT2D eigenvalue weighted by Crippen LogP contribution is -1.96. The van der Waals surface area contributed by atoms with Crippen LogP contribution in [0.1, 0.15) is 40.4 Å². The largest absolute Gasteiger partial charge is 0.0629 e. The predicted molar refractivity (Wildman–Crippen MR) is 91.4 cm³/mol. The van der Waals surface area contributed by atoms with Gasteiger partial charge in [0.15, 0.2) is 0 Å². The highest BCUT2D eigenvalue weighted by Gasteiger charge is 2.14. The molecular formula is C21H20. The van der Waals surface area contributed by atoms with E-state index in [9.17, 15) is 0 Å². The summed E-state index contributed by atoms with van der Waals surface area (Å²) in [7, 11) is 0. The number of hydrogen-bond acceptors (Lipinski definition) is 0. The lowest BCUT2D eigenvalue weighted by atomic mass is 9.86. The van der Waals surface area contributed by atoms with Crippen molar-refractivity contribution in [3.63, 3.8) is 0 Å². The van der Waals surface area contributed by atoms with E-state index >= 15 is 0 Å². The summed E-state index contributed by atoms with van der Waals surface area (Å²) in [6, 6.07) is -2.22. The number of hydrogen-bond donors (Lipinski definition) is 0. The lowest BCUT2D eigenvalue weighted by Gasteiger charge is -2.18. The molecule has 0 heteroatoms. The Labute approximate surface area is 142 Å². The molecule has 3 aromatic carbocycles.